The van der Waals surface area contributed by atoms with Crippen LogP contribution in [0.5, 0.6) is 5.75 Å². The van der Waals surface area contributed by atoms with E-state index in [1.807, 2.05) is 11.0 Å². The summed E-state index contributed by atoms with van der Waals surface area (Å²) >= 11 is 0. The Hall–Kier alpha value is -1.66. The molecule has 0 aliphatic carbocycles. The van der Waals surface area contributed by atoms with Gasteiger partial charge in [-0.25, -0.2) is 4.39 Å². The van der Waals surface area contributed by atoms with E-state index in [0.717, 1.165) is 50.9 Å². The fraction of sp³-hybridized carbons (Fsp3) is 0.650. The van der Waals surface area contributed by atoms with Gasteiger partial charge in [0.1, 0.15) is 0 Å². The number of carbonyl (C=O) groups excluding carboxylic acids is 1. The number of nitrogens with zero attached hydrogens (tertiary/aromatic N) is 2. The molecule has 26 heavy (non-hydrogen) atoms. The number of ether oxygens (including phenoxy) is 2. The van der Waals surface area contributed by atoms with Crippen LogP contribution >= 0.6 is 0 Å². The zero-order chi connectivity index (χ0) is 18.6. The Morgan fingerprint density at radius 2 is 2.00 bits per heavy atom. The highest BCUT2D eigenvalue weighted by Crippen LogP contribution is 2.38. The maximum absolute atomic E-state index is 14.0. The van der Waals surface area contributed by atoms with E-state index in [4.69, 9.17) is 9.47 Å². The Morgan fingerprint density at radius 3 is 2.69 bits per heavy atom. The summed E-state index contributed by atoms with van der Waals surface area (Å²) in [5.74, 6) is 0.129. The predicted octanol–water partition coefficient (Wildman–Crippen LogP) is 2.83. The van der Waals surface area contributed by atoms with Gasteiger partial charge in [-0.15, -0.1) is 0 Å². The fourth-order valence-corrected chi connectivity index (χ4v) is 4.40. The molecule has 0 radical (unpaired) electrons. The Bertz CT molecular complexity index is 639. The number of hydrogen-bond acceptors (Lipinski definition) is 4. The van der Waals surface area contributed by atoms with Crippen molar-refractivity contribution in [3.05, 3.63) is 29.6 Å². The molecule has 0 bridgehead atoms. The SMILES string of the molecule is COCCC(=O)N1CCCC2(CCCN2Cc2ccc(OC)c(F)c2)C1. The van der Waals surface area contributed by atoms with Crippen LogP contribution in [0.25, 0.3) is 0 Å². The van der Waals surface area contributed by atoms with E-state index in [2.05, 4.69) is 4.90 Å². The molecule has 1 atom stereocenters. The first-order valence-corrected chi connectivity index (χ1v) is 9.42. The van der Waals surface area contributed by atoms with Crippen LogP contribution in [0.15, 0.2) is 18.2 Å². The number of piperidine rings is 1. The average Bonchev–Trinajstić information content (AvgIpc) is 3.01. The minimum Gasteiger partial charge on any atom is -0.494 e. The molecule has 1 unspecified atom stereocenters. The van der Waals surface area contributed by atoms with Gasteiger partial charge in [-0.1, -0.05) is 6.07 Å². The van der Waals surface area contributed by atoms with Crippen molar-refractivity contribution in [3.63, 3.8) is 0 Å². The van der Waals surface area contributed by atoms with Gasteiger partial charge in [0.25, 0.3) is 0 Å². The molecule has 1 aromatic carbocycles. The van der Waals surface area contributed by atoms with Gasteiger partial charge in [0.2, 0.25) is 5.91 Å². The van der Waals surface area contributed by atoms with Crippen LogP contribution < -0.4 is 4.74 Å². The standard InChI is InChI=1S/C20H29FN2O3/c1-25-12-7-19(24)22-10-3-8-20(15-22)9-4-11-23(20)14-16-5-6-18(26-2)17(21)13-16/h5-6,13H,3-4,7-12,14-15H2,1-2H3. The number of likely N-dealkylation sites (tertiary alicyclic amines) is 2. The molecule has 6 heteroatoms. The number of rotatable bonds is 6. The summed E-state index contributed by atoms with van der Waals surface area (Å²) in [6.45, 7) is 3.77. The summed E-state index contributed by atoms with van der Waals surface area (Å²) in [5.41, 5.74) is 0.976. The van der Waals surface area contributed by atoms with Crippen LogP contribution in [0.1, 0.15) is 37.7 Å². The van der Waals surface area contributed by atoms with Crippen molar-refractivity contribution < 1.29 is 18.7 Å². The summed E-state index contributed by atoms with van der Waals surface area (Å²) in [6.07, 6.45) is 4.78. The molecule has 0 N–H and O–H groups in total. The smallest absolute Gasteiger partial charge is 0.224 e. The third kappa shape index (κ3) is 4.01. The van der Waals surface area contributed by atoms with Gasteiger partial charge in [-0.2, -0.15) is 0 Å². The highest BCUT2D eigenvalue weighted by Gasteiger charge is 2.44. The van der Waals surface area contributed by atoms with Gasteiger partial charge >= 0.3 is 0 Å². The van der Waals surface area contributed by atoms with Crippen molar-refractivity contribution in [2.75, 3.05) is 40.5 Å². The summed E-state index contributed by atoms with van der Waals surface area (Å²) in [4.78, 5) is 16.9. The van der Waals surface area contributed by atoms with Gasteiger partial charge in [0.05, 0.1) is 20.1 Å². The Morgan fingerprint density at radius 1 is 1.23 bits per heavy atom. The molecule has 0 aromatic heterocycles. The second-order valence-corrected chi connectivity index (χ2v) is 7.38. The first kappa shape index (κ1) is 19.1. The number of hydrogen-bond donors (Lipinski definition) is 0. The largest absolute Gasteiger partial charge is 0.494 e. The lowest BCUT2D eigenvalue weighted by atomic mass is 9.86. The van der Waals surface area contributed by atoms with Crippen molar-refractivity contribution in [1.82, 2.24) is 9.80 Å². The lowest BCUT2D eigenvalue weighted by molar-refractivity contribution is -0.136. The maximum atomic E-state index is 14.0. The van der Waals surface area contributed by atoms with Crippen LogP contribution in [0.2, 0.25) is 0 Å². The molecule has 3 rings (SSSR count). The van der Waals surface area contributed by atoms with Gasteiger partial charge in [-0.3, -0.25) is 9.69 Å². The third-order valence-corrected chi connectivity index (χ3v) is 5.76. The monoisotopic (exact) mass is 364 g/mol. The van der Waals surface area contributed by atoms with E-state index in [0.29, 0.717) is 19.6 Å². The molecule has 144 valence electrons. The number of halogens is 1. The van der Waals surface area contributed by atoms with E-state index >= 15 is 0 Å². The Balaban J connectivity index is 1.70. The lowest BCUT2D eigenvalue weighted by Gasteiger charge is -2.46. The second kappa shape index (κ2) is 8.35. The third-order valence-electron chi connectivity index (χ3n) is 5.76. The molecule has 2 aliphatic rings. The van der Waals surface area contributed by atoms with E-state index in [9.17, 15) is 9.18 Å². The highest BCUT2D eigenvalue weighted by atomic mass is 19.1. The predicted molar refractivity (Wildman–Crippen MR) is 97.6 cm³/mol. The molecular weight excluding hydrogens is 335 g/mol. The number of benzene rings is 1. The number of methoxy groups -OCH3 is 2. The highest BCUT2D eigenvalue weighted by molar-refractivity contribution is 5.76. The van der Waals surface area contributed by atoms with Gasteiger partial charge in [0.15, 0.2) is 11.6 Å². The molecule has 2 aliphatic heterocycles. The van der Waals surface area contributed by atoms with Crippen molar-refractivity contribution in [2.45, 2.75) is 44.2 Å². The van der Waals surface area contributed by atoms with Gasteiger partial charge < -0.3 is 14.4 Å². The molecule has 0 saturated carbocycles. The van der Waals surface area contributed by atoms with Crippen LogP contribution in [0.4, 0.5) is 4.39 Å². The van der Waals surface area contributed by atoms with Crippen LogP contribution in [-0.2, 0) is 16.1 Å². The minimum atomic E-state index is -0.321. The quantitative estimate of drug-likeness (QED) is 0.778. The topological polar surface area (TPSA) is 42.0 Å². The fourth-order valence-electron chi connectivity index (χ4n) is 4.40. The zero-order valence-corrected chi connectivity index (χ0v) is 15.8. The van der Waals surface area contributed by atoms with Crippen molar-refractivity contribution in [2.24, 2.45) is 0 Å². The van der Waals surface area contributed by atoms with Gasteiger partial charge in [-0.05, 0) is 49.9 Å². The van der Waals surface area contributed by atoms with Gasteiger partial charge in [0, 0.05) is 32.3 Å². The number of carbonyl (C=O) groups is 1. The summed E-state index contributed by atoms with van der Waals surface area (Å²) in [6, 6.07) is 5.18. The van der Waals surface area contributed by atoms with Crippen LogP contribution in [0, 0.1) is 5.82 Å². The molecule has 1 aromatic rings. The summed E-state index contributed by atoms with van der Waals surface area (Å²) in [7, 11) is 3.10. The minimum absolute atomic E-state index is 0.0252. The van der Waals surface area contributed by atoms with Crippen molar-refractivity contribution in [3.8, 4) is 5.75 Å². The van der Waals surface area contributed by atoms with E-state index in [-0.39, 0.29) is 23.0 Å². The van der Waals surface area contributed by atoms with E-state index in [1.165, 1.54) is 7.11 Å². The normalized spacial score (nSPS) is 23.6. The van der Waals surface area contributed by atoms with E-state index in [1.54, 1.807) is 19.2 Å². The first-order chi connectivity index (χ1) is 12.6. The summed E-state index contributed by atoms with van der Waals surface area (Å²) in [5, 5.41) is 0. The lowest BCUT2D eigenvalue weighted by Crippen LogP contribution is -2.56. The molecule has 1 spiro atoms. The molecule has 2 heterocycles. The second-order valence-electron chi connectivity index (χ2n) is 7.38. The molecule has 5 nitrogen and oxygen atoms in total. The molecule has 1 amide bonds. The molecule has 2 fully saturated rings. The summed E-state index contributed by atoms with van der Waals surface area (Å²) < 4.78 is 24.1. The van der Waals surface area contributed by atoms with Crippen LogP contribution in [-0.4, -0.2) is 61.7 Å². The Labute approximate surface area is 155 Å². The zero-order valence-electron chi connectivity index (χ0n) is 15.8. The average molecular weight is 364 g/mol. The molecular formula is C20H29FN2O3. The van der Waals surface area contributed by atoms with Crippen molar-refractivity contribution in [1.29, 1.82) is 0 Å². The van der Waals surface area contributed by atoms with Crippen molar-refractivity contribution >= 4 is 5.91 Å². The Kier molecular flexibility index (Phi) is 6.14. The van der Waals surface area contributed by atoms with E-state index < -0.39 is 0 Å². The molecule has 2 saturated heterocycles. The number of amides is 1. The maximum Gasteiger partial charge on any atom is 0.224 e. The first-order valence-electron chi connectivity index (χ1n) is 9.42. The van der Waals surface area contributed by atoms with Crippen LogP contribution in [0.3, 0.4) is 0 Å².